The monoisotopic (exact) mass is 380 g/mol. The lowest BCUT2D eigenvalue weighted by atomic mass is 9.93. The van der Waals surface area contributed by atoms with Crippen LogP contribution in [0.25, 0.3) is 0 Å². The Morgan fingerprint density at radius 3 is 2.32 bits per heavy atom. The van der Waals surface area contributed by atoms with Crippen molar-refractivity contribution in [1.29, 1.82) is 0 Å². The van der Waals surface area contributed by atoms with Gasteiger partial charge in [-0.3, -0.25) is 9.59 Å². The van der Waals surface area contributed by atoms with Gasteiger partial charge in [0.05, 0.1) is 19.9 Å². The molecule has 0 spiro atoms. The van der Waals surface area contributed by atoms with Gasteiger partial charge in [0, 0.05) is 5.56 Å². The molecule has 7 heteroatoms. The number of nitrogens with zero attached hydrogens (tertiary/aromatic N) is 2. The van der Waals surface area contributed by atoms with Crippen LogP contribution in [0.1, 0.15) is 16.7 Å². The van der Waals surface area contributed by atoms with Crippen molar-refractivity contribution in [2.45, 2.75) is 20.0 Å². The Balaban J connectivity index is 1.75. The second-order valence-corrected chi connectivity index (χ2v) is 6.90. The van der Waals surface area contributed by atoms with Crippen LogP contribution in [0.3, 0.4) is 0 Å². The van der Waals surface area contributed by atoms with Gasteiger partial charge in [0.2, 0.25) is 12.0 Å². The summed E-state index contributed by atoms with van der Waals surface area (Å²) >= 11 is 0. The van der Waals surface area contributed by atoms with Crippen molar-refractivity contribution in [3.8, 4) is 11.5 Å². The first-order chi connectivity index (χ1) is 13.4. The van der Waals surface area contributed by atoms with E-state index in [-0.39, 0.29) is 5.91 Å². The van der Waals surface area contributed by atoms with Crippen LogP contribution in [0.2, 0.25) is 0 Å². The van der Waals surface area contributed by atoms with Crippen molar-refractivity contribution in [1.82, 2.24) is 0 Å². The molecule has 2 aliphatic heterocycles. The van der Waals surface area contributed by atoms with E-state index in [1.807, 2.05) is 32.0 Å². The van der Waals surface area contributed by atoms with Crippen LogP contribution in [0.15, 0.2) is 41.6 Å². The van der Waals surface area contributed by atoms with Gasteiger partial charge in [0.15, 0.2) is 0 Å². The molecule has 0 bridgehead atoms. The van der Waals surface area contributed by atoms with Crippen LogP contribution in [-0.2, 0) is 14.4 Å². The lowest BCUT2D eigenvalue weighted by Gasteiger charge is -2.17. The van der Waals surface area contributed by atoms with Crippen molar-refractivity contribution in [2.24, 2.45) is 11.1 Å². The van der Waals surface area contributed by atoms with Crippen LogP contribution in [0.5, 0.6) is 11.5 Å². The number of oxime groups is 1. The van der Waals surface area contributed by atoms with E-state index in [0.29, 0.717) is 28.5 Å². The molecule has 0 aromatic heterocycles. The van der Waals surface area contributed by atoms with Gasteiger partial charge in [-0.05, 0) is 55.3 Å². The first-order valence-corrected chi connectivity index (χ1v) is 8.87. The molecule has 0 saturated carbocycles. The van der Waals surface area contributed by atoms with Crippen molar-refractivity contribution in [2.75, 3.05) is 19.1 Å². The van der Waals surface area contributed by atoms with Gasteiger partial charge in [-0.15, -0.1) is 0 Å². The lowest BCUT2D eigenvalue weighted by Crippen LogP contribution is -2.33. The number of aryl methyl sites for hydroxylation is 2. The quantitative estimate of drug-likeness (QED) is 0.762. The van der Waals surface area contributed by atoms with Crippen molar-refractivity contribution >= 4 is 23.2 Å². The maximum absolute atomic E-state index is 13.2. The minimum Gasteiger partial charge on any atom is -0.497 e. The number of methoxy groups -OCH3 is 2. The molecule has 4 rings (SSSR count). The molecule has 2 atom stereocenters. The molecule has 2 heterocycles. The largest absolute Gasteiger partial charge is 0.497 e. The van der Waals surface area contributed by atoms with Gasteiger partial charge in [-0.2, -0.15) is 0 Å². The van der Waals surface area contributed by atoms with Crippen LogP contribution in [0.4, 0.5) is 5.69 Å². The number of anilines is 1. The van der Waals surface area contributed by atoms with E-state index in [1.54, 1.807) is 25.3 Å². The standard InChI is InChI=1S/C21H20N2O5/c1-11-7-12(2)9-13(8-11)23-20(24)17-18(22-28-19(17)21(23)25)15-10-14(26-3)5-6-16(15)27-4/h5-10,17,19H,1-4H3/t17-,19+/m1/s1. The maximum atomic E-state index is 13.2. The van der Waals surface area contributed by atoms with Gasteiger partial charge >= 0.3 is 0 Å². The number of ether oxygens (including phenoxy) is 2. The summed E-state index contributed by atoms with van der Waals surface area (Å²) in [4.78, 5) is 32.7. The van der Waals surface area contributed by atoms with Gasteiger partial charge in [-0.1, -0.05) is 11.2 Å². The van der Waals surface area contributed by atoms with Crippen molar-refractivity contribution < 1.29 is 23.9 Å². The Bertz CT molecular complexity index is 994. The first-order valence-electron chi connectivity index (χ1n) is 8.87. The minimum absolute atomic E-state index is 0.360. The average molecular weight is 380 g/mol. The van der Waals surface area contributed by atoms with E-state index in [2.05, 4.69) is 5.16 Å². The Morgan fingerprint density at radius 2 is 1.68 bits per heavy atom. The van der Waals surface area contributed by atoms with E-state index in [0.717, 1.165) is 11.1 Å². The predicted octanol–water partition coefficient (Wildman–Crippen LogP) is 2.61. The van der Waals surface area contributed by atoms with E-state index < -0.39 is 17.9 Å². The van der Waals surface area contributed by atoms with Gasteiger partial charge < -0.3 is 14.3 Å². The number of carbonyl (C=O) groups excluding carboxylic acids is 2. The highest BCUT2D eigenvalue weighted by molar-refractivity contribution is 6.32. The summed E-state index contributed by atoms with van der Waals surface area (Å²) in [5.41, 5.74) is 3.42. The Kier molecular flexibility index (Phi) is 4.30. The number of hydrogen-bond donors (Lipinski definition) is 0. The third-order valence-corrected chi connectivity index (χ3v) is 4.96. The van der Waals surface area contributed by atoms with Crippen LogP contribution >= 0.6 is 0 Å². The fraction of sp³-hybridized carbons (Fsp3) is 0.286. The summed E-state index contributed by atoms with van der Waals surface area (Å²) < 4.78 is 10.7. The average Bonchev–Trinajstić information content (AvgIpc) is 3.20. The summed E-state index contributed by atoms with van der Waals surface area (Å²) in [7, 11) is 3.08. The number of imide groups is 1. The maximum Gasteiger partial charge on any atom is 0.278 e. The SMILES string of the molecule is COc1ccc(OC)c(C2=NO[C@@H]3C(=O)N(c4cc(C)cc(C)c4)C(=O)[C@H]23)c1. The topological polar surface area (TPSA) is 77.4 Å². The first kappa shape index (κ1) is 18.0. The van der Waals surface area contributed by atoms with Crippen molar-refractivity contribution in [3.05, 3.63) is 53.1 Å². The van der Waals surface area contributed by atoms with E-state index in [9.17, 15) is 9.59 Å². The molecular formula is C21H20N2O5. The lowest BCUT2D eigenvalue weighted by molar-refractivity contribution is -0.126. The Hall–Kier alpha value is -3.35. The molecule has 2 aliphatic rings. The summed E-state index contributed by atoms with van der Waals surface area (Å²) in [6.07, 6.45) is -0.973. The number of hydrogen-bond acceptors (Lipinski definition) is 6. The molecule has 144 valence electrons. The highest BCUT2D eigenvalue weighted by Crippen LogP contribution is 2.38. The van der Waals surface area contributed by atoms with E-state index in [1.165, 1.54) is 12.0 Å². The highest BCUT2D eigenvalue weighted by Gasteiger charge is 2.56. The molecule has 2 aromatic carbocycles. The van der Waals surface area contributed by atoms with Crippen LogP contribution in [-0.4, -0.2) is 37.8 Å². The molecule has 2 aromatic rings. The molecule has 1 saturated heterocycles. The Labute approximate surface area is 162 Å². The van der Waals surface area contributed by atoms with Crippen LogP contribution < -0.4 is 14.4 Å². The predicted molar refractivity (Wildman–Crippen MR) is 103 cm³/mol. The van der Waals surface area contributed by atoms with Crippen LogP contribution in [0, 0.1) is 19.8 Å². The molecule has 0 aliphatic carbocycles. The number of amides is 2. The molecular weight excluding hydrogens is 360 g/mol. The minimum atomic E-state index is -0.973. The second kappa shape index (κ2) is 6.67. The molecule has 7 nitrogen and oxygen atoms in total. The highest BCUT2D eigenvalue weighted by atomic mass is 16.7. The van der Waals surface area contributed by atoms with E-state index in [4.69, 9.17) is 14.3 Å². The number of rotatable bonds is 4. The van der Waals surface area contributed by atoms with Gasteiger partial charge in [0.1, 0.15) is 23.1 Å². The summed E-state index contributed by atoms with van der Waals surface area (Å²) in [5, 5.41) is 4.05. The molecule has 2 amide bonds. The fourth-order valence-electron chi connectivity index (χ4n) is 3.75. The molecule has 28 heavy (non-hydrogen) atoms. The zero-order valence-electron chi connectivity index (χ0n) is 16.1. The third-order valence-electron chi connectivity index (χ3n) is 4.96. The normalized spacial score (nSPS) is 20.7. The van der Waals surface area contributed by atoms with Crippen molar-refractivity contribution in [3.63, 3.8) is 0 Å². The smallest absolute Gasteiger partial charge is 0.278 e. The molecule has 1 fully saturated rings. The molecule has 0 unspecified atom stereocenters. The fourth-order valence-corrected chi connectivity index (χ4v) is 3.75. The van der Waals surface area contributed by atoms with Gasteiger partial charge in [0.25, 0.3) is 5.91 Å². The number of benzene rings is 2. The van der Waals surface area contributed by atoms with E-state index >= 15 is 0 Å². The number of carbonyl (C=O) groups is 2. The summed E-state index contributed by atoms with van der Waals surface area (Å²) in [5.74, 6) is -0.491. The Morgan fingerprint density at radius 1 is 0.964 bits per heavy atom. The third kappa shape index (κ3) is 2.70. The zero-order valence-corrected chi connectivity index (χ0v) is 16.1. The summed E-state index contributed by atoms with van der Waals surface area (Å²) in [6.45, 7) is 3.85. The summed E-state index contributed by atoms with van der Waals surface area (Å²) in [6, 6.07) is 10.8. The zero-order chi connectivity index (χ0) is 20.0. The van der Waals surface area contributed by atoms with Gasteiger partial charge in [-0.25, -0.2) is 4.90 Å². The second-order valence-electron chi connectivity index (χ2n) is 6.90. The number of fused-ring (bicyclic) bond motifs is 1. The molecule has 0 N–H and O–H groups in total. The molecule has 0 radical (unpaired) electrons.